The van der Waals surface area contributed by atoms with Gasteiger partial charge in [0.2, 0.25) is 29.4 Å². The van der Waals surface area contributed by atoms with Gasteiger partial charge in [-0.1, -0.05) is 42.5 Å². The third-order valence-corrected chi connectivity index (χ3v) is 8.88. The van der Waals surface area contributed by atoms with Crippen molar-refractivity contribution in [2.24, 2.45) is 0 Å². The van der Waals surface area contributed by atoms with E-state index in [-0.39, 0.29) is 25.5 Å². The number of nitrogens with one attached hydrogen (secondary N) is 4. The first-order valence-corrected chi connectivity index (χ1v) is 16.8. The molecular weight excluding hydrogens is 640 g/mol. The van der Waals surface area contributed by atoms with Crippen LogP contribution in [0.4, 0.5) is 0 Å². The number of rotatable bonds is 6. The zero-order chi connectivity index (χ0) is 35.0. The fourth-order valence-electron chi connectivity index (χ4n) is 6.21. The van der Waals surface area contributed by atoms with E-state index in [9.17, 15) is 24.0 Å². The number of nitrogens with zero attached hydrogens (tertiary/aromatic N) is 4. The first-order chi connectivity index (χ1) is 24.2. The van der Waals surface area contributed by atoms with Crippen LogP contribution in [0.1, 0.15) is 43.0 Å². The Morgan fingerprint density at radius 2 is 1.78 bits per heavy atom. The van der Waals surface area contributed by atoms with Crippen molar-refractivity contribution in [1.82, 2.24) is 40.5 Å². The Bertz CT molecular complexity index is 1810. The van der Waals surface area contributed by atoms with Crippen molar-refractivity contribution in [2.75, 3.05) is 13.2 Å². The molecular formula is C36H40N8O6. The van der Waals surface area contributed by atoms with Gasteiger partial charge in [-0.05, 0) is 61.9 Å². The number of fused-ring (bicyclic) bond motifs is 14. The molecule has 0 saturated carbocycles. The number of aromatic nitrogens is 3. The topological polar surface area (TPSA) is 176 Å². The summed E-state index contributed by atoms with van der Waals surface area (Å²) >= 11 is 0. The highest BCUT2D eigenvalue weighted by Gasteiger charge is 2.38. The van der Waals surface area contributed by atoms with Crippen molar-refractivity contribution >= 4 is 35.3 Å². The van der Waals surface area contributed by atoms with Crippen molar-refractivity contribution in [3.05, 3.63) is 96.1 Å². The van der Waals surface area contributed by atoms with Crippen LogP contribution in [0.2, 0.25) is 0 Å². The number of carbonyl (C=O) groups is 5. The van der Waals surface area contributed by atoms with Gasteiger partial charge in [-0.3, -0.25) is 28.4 Å². The highest BCUT2D eigenvalue weighted by atomic mass is 16.5. The van der Waals surface area contributed by atoms with E-state index in [4.69, 9.17) is 4.74 Å². The Balaban J connectivity index is 1.20. The number of carbonyl (C=O) groups excluding carboxylic acids is 5. The smallest absolute Gasteiger partial charge is 0.258 e. The highest BCUT2D eigenvalue weighted by molar-refractivity contribution is 5.96. The lowest BCUT2D eigenvalue weighted by molar-refractivity contribution is -0.142. The van der Waals surface area contributed by atoms with E-state index in [0.29, 0.717) is 49.4 Å². The van der Waals surface area contributed by atoms with E-state index < -0.39 is 47.8 Å². The molecule has 14 heteroatoms. The van der Waals surface area contributed by atoms with Crippen LogP contribution < -0.4 is 26.0 Å². The second kappa shape index (κ2) is 15.6. The van der Waals surface area contributed by atoms with Gasteiger partial charge in [0.25, 0.3) is 5.91 Å². The van der Waals surface area contributed by atoms with Gasteiger partial charge in [-0.25, -0.2) is 9.97 Å². The molecule has 3 aliphatic rings. The number of hydrogen-bond acceptors (Lipinski definition) is 8. The Morgan fingerprint density at radius 1 is 0.980 bits per heavy atom. The minimum Gasteiger partial charge on any atom is -0.484 e. The fourth-order valence-corrected chi connectivity index (χ4v) is 6.21. The maximum Gasteiger partial charge on any atom is 0.258 e. The van der Waals surface area contributed by atoms with Crippen molar-refractivity contribution in [1.29, 1.82) is 0 Å². The molecule has 1 fully saturated rings. The molecule has 2 aromatic carbocycles. The molecule has 1 saturated heterocycles. The lowest BCUT2D eigenvalue weighted by Gasteiger charge is -2.29. The van der Waals surface area contributed by atoms with Crippen LogP contribution in [0.15, 0.2) is 79.3 Å². The van der Waals surface area contributed by atoms with Crippen LogP contribution in [-0.4, -0.2) is 86.1 Å². The average molecular weight is 681 g/mol. The predicted molar refractivity (Wildman–Crippen MR) is 181 cm³/mol. The second-order valence-corrected chi connectivity index (χ2v) is 12.5. The Labute approximate surface area is 289 Å². The van der Waals surface area contributed by atoms with Gasteiger partial charge in [0.15, 0.2) is 6.61 Å². The maximum atomic E-state index is 13.9. The summed E-state index contributed by atoms with van der Waals surface area (Å²) in [5, 5.41) is 11.2. The van der Waals surface area contributed by atoms with Gasteiger partial charge in [0, 0.05) is 31.6 Å². The van der Waals surface area contributed by atoms with Gasteiger partial charge in [-0.15, -0.1) is 0 Å². The molecule has 0 radical (unpaired) electrons. The van der Waals surface area contributed by atoms with Gasteiger partial charge in [0.05, 0.1) is 12.2 Å². The summed E-state index contributed by atoms with van der Waals surface area (Å²) in [6.07, 6.45) is 7.18. The molecule has 260 valence electrons. The molecule has 2 bridgehead atoms. The minimum absolute atomic E-state index is 0.105. The number of imidazole rings is 1. The summed E-state index contributed by atoms with van der Waals surface area (Å²) in [6, 6.07) is 14.5. The standard InChI is InChI=1S/C36H40N8O6/c1-23-32(46)42-29(33(47)38-20-26-21-43-17-6-16-37-36(43)40-26)19-25-10-13-27(14-11-25)50-22-31(45)41-28(15-12-24-7-3-2-4-8-24)35(49)44-18-5-9-30(44)34(48)39-23/h2-4,6-8,10-11,13-14,16-17,21,23,28-30H,5,9,12,15,18-20,22H2,1H3,(H,38,47)(H,39,48)(H,41,45)(H,42,46)/t23-,28-,29-,30-/m0/s1. The van der Waals surface area contributed by atoms with E-state index in [1.807, 2.05) is 30.3 Å². The van der Waals surface area contributed by atoms with E-state index in [0.717, 1.165) is 11.1 Å². The molecule has 4 N–H and O–H groups in total. The SMILES string of the molecule is C[C@@H]1NC(=O)[C@@H]2CCCN2C(=O)[C@H](CCc2ccccc2)NC(=O)COc2ccc(cc2)C[C@@H](C(=O)NCc2cn3cccnc3n2)NC1=O. The zero-order valence-electron chi connectivity index (χ0n) is 27.7. The largest absolute Gasteiger partial charge is 0.484 e. The van der Waals surface area contributed by atoms with Crippen molar-refractivity contribution in [3.8, 4) is 5.75 Å². The maximum absolute atomic E-state index is 13.9. The van der Waals surface area contributed by atoms with Crippen LogP contribution in [0.25, 0.3) is 5.78 Å². The molecule has 3 aliphatic heterocycles. The van der Waals surface area contributed by atoms with Crippen molar-refractivity contribution in [2.45, 2.75) is 69.7 Å². The van der Waals surface area contributed by atoms with Crippen LogP contribution in [-0.2, 0) is 43.4 Å². The predicted octanol–water partition coefficient (Wildman–Crippen LogP) is 1.08. The Hall–Kier alpha value is -5.79. The van der Waals surface area contributed by atoms with E-state index >= 15 is 0 Å². The molecule has 5 heterocycles. The van der Waals surface area contributed by atoms with Crippen LogP contribution in [0.3, 0.4) is 0 Å². The van der Waals surface area contributed by atoms with Crippen molar-refractivity contribution in [3.63, 3.8) is 0 Å². The van der Waals surface area contributed by atoms with E-state index in [2.05, 4.69) is 31.2 Å². The molecule has 4 aromatic rings. The summed E-state index contributed by atoms with van der Waals surface area (Å²) in [6.45, 7) is 1.65. The molecule has 14 nitrogen and oxygen atoms in total. The summed E-state index contributed by atoms with van der Waals surface area (Å²) in [5.41, 5.74) is 2.32. The minimum atomic E-state index is -1.01. The second-order valence-electron chi connectivity index (χ2n) is 12.5. The third-order valence-electron chi connectivity index (χ3n) is 8.88. The molecule has 0 aliphatic carbocycles. The van der Waals surface area contributed by atoms with Gasteiger partial charge >= 0.3 is 0 Å². The van der Waals surface area contributed by atoms with Crippen LogP contribution in [0, 0.1) is 0 Å². The van der Waals surface area contributed by atoms with Gasteiger partial charge in [0.1, 0.15) is 29.9 Å². The molecule has 7 rings (SSSR count). The molecule has 0 unspecified atom stereocenters. The van der Waals surface area contributed by atoms with Crippen LogP contribution >= 0.6 is 0 Å². The molecule has 5 amide bonds. The first kappa shape index (κ1) is 34.1. The zero-order valence-corrected chi connectivity index (χ0v) is 27.7. The Kier molecular flexibility index (Phi) is 10.6. The average Bonchev–Trinajstić information content (AvgIpc) is 3.79. The monoisotopic (exact) mass is 680 g/mol. The molecule has 50 heavy (non-hydrogen) atoms. The van der Waals surface area contributed by atoms with Crippen LogP contribution in [0.5, 0.6) is 5.75 Å². The first-order valence-electron chi connectivity index (χ1n) is 16.8. The highest BCUT2D eigenvalue weighted by Crippen LogP contribution is 2.21. The molecule has 4 atom stereocenters. The Morgan fingerprint density at radius 3 is 2.56 bits per heavy atom. The number of ether oxygens (including phenoxy) is 1. The van der Waals surface area contributed by atoms with E-state index in [1.165, 1.54) is 11.8 Å². The fraction of sp³-hybridized carbons (Fsp3) is 0.361. The number of hydrogen-bond donors (Lipinski definition) is 4. The summed E-state index contributed by atoms with van der Waals surface area (Å²) < 4.78 is 7.48. The molecule has 0 spiro atoms. The number of benzene rings is 2. The summed E-state index contributed by atoms with van der Waals surface area (Å²) in [5.74, 6) is -1.42. The van der Waals surface area contributed by atoms with Gasteiger partial charge < -0.3 is 30.9 Å². The summed E-state index contributed by atoms with van der Waals surface area (Å²) in [4.78, 5) is 77.5. The van der Waals surface area contributed by atoms with Gasteiger partial charge in [-0.2, -0.15) is 0 Å². The summed E-state index contributed by atoms with van der Waals surface area (Å²) in [7, 11) is 0. The molecule has 2 aromatic heterocycles. The van der Waals surface area contributed by atoms with E-state index in [1.54, 1.807) is 53.3 Å². The number of amides is 5. The lowest BCUT2D eigenvalue weighted by Crippen LogP contribution is -2.57. The number of aryl methyl sites for hydroxylation is 1. The third kappa shape index (κ3) is 8.43. The van der Waals surface area contributed by atoms with Crippen molar-refractivity contribution < 1.29 is 28.7 Å². The quantitative estimate of drug-likeness (QED) is 0.234. The lowest BCUT2D eigenvalue weighted by atomic mass is 10.0. The normalized spacial score (nSPS) is 22.0.